The average molecular weight is 247 g/mol. The van der Waals surface area contributed by atoms with E-state index in [1.807, 2.05) is 11.3 Å². The largest absolute Gasteiger partial charge is 0.145 e. The van der Waals surface area contributed by atoms with Crippen molar-refractivity contribution in [3.63, 3.8) is 0 Å². The molecule has 0 spiro atoms. The Morgan fingerprint density at radius 1 is 1.50 bits per heavy atom. The van der Waals surface area contributed by atoms with Gasteiger partial charge in [-0.05, 0) is 25.5 Å². The van der Waals surface area contributed by atoms with E-state index in [0.29, 0.717) is 4.83 Å². The van der Waals surface area contributed by atoms with E-state index in [9.17, 15) is 0 Å². The van der Waals surface area contributed by atoms with Gasteiger partial charge in [0.25, 0.3) is 0 Å². The monoisotopic (exact) mass is 246 g/mol. The Hall–Kier alpha value is 0.180. The molecular formula is C10H15BrS. The van der Waals surface area contributed by atoms with Crippen molar-refractivity contribution >= 4 is 27.3 Å². The van der Waals surface area contributed by atoms with Gasteiger partial charge in [0, 0.05) is 14.6 Å². The van der Waals surface area contributed by atoms with E-state index in [-0.39, 0.29) is 0 Å². The first-order valence-electron chi connectivity index (χ1n) is 4.44. The van der Waals surface area contributed by atoms with E-state index in [2.05, 4.69) is 41.9 Å². The van der Waals surface area contributed by atoms with Crippen molar-refractivity contribution in [2.45, 2.75) is 37.9 Å². The summed E-state index contributed by atoms with van der Waals surface area (Å²) in [6.07, 6.45) is 3.86. The van der Waals surface area contributed by atoms with Gasteiger partial charge >= 0.3 is 0 Å². The van der Waals surface area contributed by atoms with Gasteiger partial charge in [0.1, 0.15) is 0 Å². The van der Waals surface area contributed by atoms with Crippen molar-refractivity contribution in [3.8, 4) is 0 Å². The third kappa shape index (κ3) is 2.91. The number of unbranched alkanes of at least 4 members (excludes halogenated alkanes) is 1. The quantitative estimate of drug-likeness (QED) is 0.677. The molecule has 0 aromatic carbocycles. The van der Waals surface area contributed by atoms with Gasteiger partial charge in [-0.15, -0.1) is 11.3 Å². The predicted molar refractivity (Wildman–Crippen MR) is 60.2 cm³/mol. The maximum atomic E-state index is 3.71. The normalized spacial score (nSPS) is 13.2. The number of thiophene rings is 1. The van der Waals surface area contributed by atoms with Crippen LogP contribution in [-0.4, -0.2) is 0 Å². The summed E-state index contributed by atoms with van der Waals surface area (Å²) in [7, 11) is 0. The van der Waals surface area contributed by atoms with Crippen molar-refractivity contribution in [1.82, 2.24) is 0 Å². The Morgan fingerprint density at radius 3 is 2.75 bits per heavy atom. The van der Waals surface area contributed by atoms with Crippen LogP contribution in [0.4, 0.5) is 0 Å². The van der Waals surface area contributed by atoms with Crippen LogP contribution in [0.15, 0.2) is 12.1 Å². The number of alkyl halides is 1. The van der Waals surface area contributed by atoms with Gasteiger partial charge in [-0.2, -0.15) is 0 Å². The molecule has 0 radical (unpaired) electrons. The first kappa shape index (κ1) is 10.3. The highest BCUT2D eigenvalue weighted by molar-refractivity contribution is 9.09. The molecule has 0 N–H and O–H groups in total. The van der Waals surface area contributed by atoms with Crippen LogP contribution in [0, 0.1) is 6.92 Å². The van der Waals surface area contributed by atoms with Crippen molar-refractivity contribution in [2.24, 2.45) is 0 Å². The molecule has 68 valence electrons. The molecule has 0 aliphatic carbocycles. The molecule has 2 heteroatoms. The van der Waals surface area contributed by atoms with E-state index in [0.717, 1.165) is 0 Å². The number of rotatable bonds is 4. The second-order valence-electron chi connectivity index (χ2n) is 3.06. The lowest BCUT2D eigenvalue weighted by Gasteiger charge is -2.04. The first-order valence-corrected chi connectivity index (χ1v) is 6.17. The molecule has 0 saturated heterocycles. The van der Waals surface area contributed by atoms with Crippen LogP contribution < -0.4 is 0 Å². The summed E-state index contributed by atoms with van der Waals surface area (Å²) in [5.74, 6) is 0. The van der Waals surface area contributed by atoms with Crippen molar-refractivity contribution in [1.29, 1.82) is 0 Å². The molecule has 0 aliphatic rings. The molecule has 12 heavy (non-hydrogen) atoms. The van der Waals surface area contributed by atoms with Crippen LogP contribution >= 0.6 is 27.3 Å². The van der Waals surface area contributed by atoms with Gasteiger partial charge in [0.2, 0.25) is 0 Å². The summed E-state index contributed by atoms with van der Waals surface area (Å²) in [5.41, 5.74) is 0. The van der Waals surface area contributed by atoms with Crippen LogP contribution in [0.3, 0.4) is 0 Å². The number of hydrogen-bond donors (Lipinski definition) is 0. The third-order valence-corrected chi connectivity index (χ3v) is 4.25. The highest BCUT2D eigenvalue weighted by atomic mass is 79.9. The topological polar surface area (TPSA) is 0 Å². The van der Waals surface area contributed by atoms with Gasteiger partial charge in [-0.3, -0.25) is 0 Å². The molecule has 0 saturated carbocycles. The van der Waals surface area contributed by atoms with Crippen LogP contribution in [0.2, 0.25) is 0 Å². The minimum absolute atomic E-state index is 0.580. The third-order valence-electron chi connectivity index (χ3n) is 1.88. The molecule has 1 aromatic heterocycles. The van der Waals surface area contributed by atoms with E-state index >= 15 is 0 Å². The number of aryl methyl sites for hydroxylation is 1. The summed E-state index contributed by atoms with van der Waals surface area (Å²) in [5, 5.41) is 0. The lowest BCUT2D eigenvalue weighted by molar-refractivity contribution is 0.718. The molecule has 0 nitrogen and oxygen atoms in total. The minimum Gasteiger partial charge on any atom is -0.145 e. The highest BCUT2D eigenvalue weighted by Crippen LogP contribution is 2.33. The molecule has 1 aromatic rings. The standard InChI is InChI=1S/C10H15BrS/c1-3-4-5-9(11)10-7-6-8(2)12-10/h6-7,9H,3-5H2,1-2H3. The SMILES string of the molecule is CCCCC(Br)c1ccc(C)s1. The zero-order valence-corrected chi connectivity index (χ0v) is 10.0. The Kier molecular flexibility index (Phi) is 4.30. The van der Waals surface area contributed by atoms with Crippen LogP contribution in [0.1, 0.15) is 40.8 Å². The van der Waals surface area contributed by atoms with Crippen LogP contribution in [-0.2, 0) is 0 Å². The molecular weight excluding hydrogens is 232 g/mol. The predicted octanol–water partition coefficient (Wildman–Crippen LogP) is 4.68. The Balaban J connectivity index is 2.47. The maximum absolute atomic E-state index is 3.71. The fourth-order valence-corrected chi connectivity index (χ4v) is 2.79. The summed E-state index contributed by atoms with van der Waals surface area (Å²) in [6.45, 7) is 4.40. The van der Waals surface area contributed by atoms with Crippen molar-refractivity contribution in [2.75, 3.05) is 0 Å². The molecule has 1 rings (SSSR count). The number of halogens is 1. The fourth-order valence-electron chi connectivity index (χ4n) is 1.15. The van der Waals surface area contributed by atoms with Gasteiger partial charge in [0.05, 0.1) is 0 Å². The Labute approximate surface area is 87.1 Å². The van der Waals surface area contributed by atoms with Crippen molar-refractivity contribution < 1.29 is 0 Å². The van der Waals surface area contributed by atoms with E-state index in [1.54, 1.807) is 0 Å². The van der Waals surface area contributed by atoms with E-state index < -0.39 is 0 Å². The van der Waals surface area contributed by atoms with Crippen LogP contribution in [0.25, 0.3) is 0 Å². The van der Waals surface area contributed by atoms with Crippen molar-refractivity contribution in [3.05, 3.63) is 21.9 Å². The lowest BCUT2D eigenvalue weighted by atomic mass is 10.2. The second-order valence-corrected chi connectivity index (χ2v) is 5.48. The first-order chi connectivity index (χ1) is 5.74. The zero-order valence-electron chi connectivity index (χ0n) is 7.64. The van der Waals surface area contributed by atoms with E-state index in [4.69, 9.17) is 0 Å². The number of hydrogen-bond acceptors (Lipinski definition) is 1. The summed E-state index contributed by atoms with van der Waals surface area (Å²) in [4.78, 5) is 3.46. The molecule has 0 aliphatic heterocycles. The highest BCUT2D eigenvalue weighted by Gasteiger charge is 2.07. The minimum atomic E-state index is 0.580. The molecule has 1 unspecified atom stereocenters. The average Bonchev–Trinajstić information content (AvgIpc) is 2.47. The van der Waals surface area contributed by atoms with Gasteiger partial charge < -0.3 is 0 Å². The maximum Gasteiger partial charge on any atom is 0.0489 e. The summed E-state index contributed by atoms with van der Waals surface area (Å²) in [6, 6.07) is 4.43. The summed E-state index contributed by atoms with van der Waals surface area (Å²) >= 11 is 5.61. The molecule has 0 bridgehead atoms. The lowest BCUT2D eigenvalue weighted by Crippen LogP contribution is -1.84. The van der Waals surface area contributed by atoms with E-state index in [1.165, 1.54) is 29.0 Å². The van der Waals surface area contributed by atoms with Crippen LogP contribution in [0.5, 0.6) is 0 Å². The molecule has 1 heterocycles. The second kappa shape index (κ2) is 5.03. The Morgan fingerprint density at radius 2 is 2.25 bits per heavy atom. The smallest absolute Gasteiger partial charge is 0.0489 e. The molecule has 0 amide bonds. The fraction of sp³-hybridized carbons (Fsp3) is 0.600. The molecule has 0 fully saturated rings. The summed E-state index contributed by atoms with van der Waals surface area (Å²) < 4.78 is 0. The van der Waals surface area contributed by atoms with Gasteiger partial charge in [-0.1, -0.05) is 35.7 Å². The van der Waals surface area contributed by atoms with Gasteiger partial charge in [0.15, 0.2) is 0 Å². The zero-order chi connectivity index (χ0) is 8.97. The van der Waals surface area contributed by atoms with Gasteiger partial charge in [-0.25, -0.2) is 0 Å². The Bertz CT molecular complexity index is 229. The molecule has 1 atom stereocenters.